The molecule has 2 aromatic carbocycles. The van der Waals surface area contributed by atoms with Crippen molar-refractivity contribution in [3.8, 4) is 0 Å². The topological polar surface area (TPSA) is 72.4 Å². The molecule has 6 nitrogen and oxygen atoms in total. The van der Waals surface area contributed by atoms with Crippen LogP contribution in [0, 0.1) is 5.82 Å². The van der Waals surface area contributed by atoms with Crippen LogP contribution in [0.3, 0.4) is 0 Å². The SMILES string of the molecule is CCOC(=O)C[C@@H](NC(=O)NCc1cccn1Cc1ccccc1F)c1ccccc1. The third-order valence-corrected chi connectivity index (χ3v) is 4.84. The molecule has 162 valence electrons. The van der Waals surface area contributed by atoms with Crippen LogP contribution in [-0.2, 0) is 22.6 Å². The van der Waals surface area contributed by atoms with E-state index in [4.69, 9.17) is 4.74 Å². The minimum absolute atomic E-state index is 0.0366. The Labute approximate surface area is 181 Å². The quantitative estimate of drug-likeness (QED) is 0.508. The number of aromatic nitrogens is 1. The number of esters is 1. The van der Waals surface area contributed by atoms with Crippen molar-refractivity contribution in [2.75, 3.05) is 6.61 Å². The van der Waals surface area contributed by atoms with Crippen molar-refractivity contribution in [1.82, 2.24) is 15.2 Å². The van der Waals surface area contributed by atoms with E-state index in [1.54, 1.807) is 25.1 Å². The van der Waals surface area contributed by atoms with Crippen molar-refractivity contribution < 1.29 is 18.7 Å². The molecule has 1 aromatic heterocycles. The van der Waals surface area contributed by atoms with Crippen molar-refractivity contribution in [3.63, 3.8) is 0 Å². The third kappa shape index (κ3) is 6.44. The molecule has 0 aliphatic rings. The van der Waals surface area contributed by atoms with Gasteiger partial charge in [0, 0.05) is 17.5 Å². The number of carbonyl (C=O) groups excluding carboxylic acids is 2. The van der Waals surface area contributed by atoms with E-state index < -0.39 is 12.1 Å². The number of nitrogens with one attached hydrogen (secondary N) is 2. The molecule has 0 aliphatic carbocycles. The van der Waals surface area contributed by atoms with Gasteiger partial charge in [-0.3, -0.25) is 4.79 Å². The fourth-order valence-corrected chi connectivity index (χ4v) is 3.28. The van der Waals surface area contributed by atoms with E-state index in [-0.39, 0.29) is 31.4 Å². The van der Waals surface area contributed by atoms with Crippen LogP contribution in [0.4, 0.5) is 9.18 Å². The van der Waals surface area contributed by atoms with Gasteiger partial charge in [0.05, 0.1) is 32.2 Å². The van der Waals surface area contributed by atoms with Crippen molar-refractivity contribution >= 4 is 12.0 Å². The zero-order valence-electron chi connectivity index (χ0n) is 17.4. The van der Waals surface area contributed by atoms with E-state index >= 15 is 0 Å². The maximum Gasteiger partial charge on any atom is 0.315 e. The zero-order valence-corrected chi connectivity index (χ0v) is 17.4. The van der Waals surface area contributed by atoms with Crippen LogP contribution in [0.25, 0.3) is 0 Å². The lowest BCUT2D eigenvalue weighted by Gasteiger charge is -2.19. The molecule has 1 heterocycles. The van der Waals surface area contributed by atoms with Gasteiger partial charge in [-0.2, -0.15) is 0 Å². The smallest absolute Gasteiger partial charge is 0.315 e. The molecular weight excluding hydrogens is 397 g/mol. The van der Waals surface area contributed by atoms with Gasteiger partial charge in [-0.15, -0.1) is 0 Å². The first-order chi connectivity index (χ1) is 15.1. The monoisotopic (exact) mass is 423 g/mol. The molecular formula is C24H26FN3O3. The molecule has 1 atom stereocenters. The van der Waals surface area contributed by atoms with Crippen LogP contribution in [0.5, 0.6) is 0 Å². The Bertz CT molecular complexity index is 1000. The molecule has 0 fully saturated rings. The first-order valence-electron chi connectivity index (χ1n) is 10.2. The van der Waals surface area contributed by atoms with Gasteiger partial charge in [0.2, 0.25) is 0 Å². The van der Waals surface area contributed by atoms with Gasteiger partial charge >= 0.3 is 12.0 Å². The Morgan fingerprint density at radius 2 is 1.77 bits per heavy atom. The summed E-state index contributed by atoms with van der Waals surface area (Å²) in [7, 11) is 0. The van der Waals surface area contributed by atoms with Gasteiger partial charge in [-0.25, -0.2) is 9.18 Å². The highest BCUT2D eigenvalue weighted by atomic mass is 19.1. The van der Waals surface area contributed by atoms with Gasteiger partial charge in [-0.1, -0.05) is 48.5 Å². The van der Waals surface area contributed by atoms with Crippen molar-refractivity contribution in [1.29, 1.82) is 0 Å². The average molecular weight is 423 g/mol. The summed E-state index contributed by atoms with van der Waals surface area (Å²) in [6, 6.07) is 18.7. The van der Waals surface area contributed by atoms with E-state index in [9.17, 15) is 14.0 Å². The van der Waals surface area contributed by atoms with Crippen molar-refractivity contribution in [2.24, 2.45) is 0 Å². The number of ether oxygens (including phenoxy) is 1. The first kappa shape index (κ1) is 22.1. The standard InChI is InChI=1S/C24H26FN3O3/c1-2-31-23(29)15-22(18-9-4-3-5-10-18)27-24(30)26-16-20-12-8-14-28(20)17-19-11-6-7-13-21(19)25/h3-14,22H,2,15-17H2,1H3,(H2,26,27,30)/t22-/m1/s1. The minimum Gasteiger partial charge on any atom is -0.466 e. The second-order valence-electron chi connectivity index (χ2n) is 7.02. The molecule has 2 N–H and O–H groups in total. The fourth-order valence-electron chi connectivity index (χ4n) is 3.28. The molecule has 0 aliphatic heterocycles. The Hall–Kier alpha value is -3.61. The van der Waals surface area contributed by atoms with E-state index in [0.717, 1.165) is 11.3 Å². The lowest BCUT2D eigenvalue weighted by molar-refractivity contribution is -0.143. The summed E-state index contributed by atoms with van der Waals surface area (Å²) in [6.07, 6.45) is 1.88. The lowest BCUT2D eigenvalue weighted by Crippen LogP contribution is -2.38. The van der Waals surface area contributed by atoms with Crippen LogP contribution in [0.2, 0.25) is 0 Å². The molecule has 0 spiro atoms. The average Bonchev–Trinajstić information content (AvgIpc) is 3.21. The fraction of sp³-hybridized carbons (Fsp3) is 0.250. The van der Waals surface area contributed by atoms with E-state index in [1.807, 2.05) is 53.2 Å². The molecule has 2 amide bonds. The maximum absolute atomic E-state index is 14.0. The Morgan fingerprint density at radius 1 is 1.03 bits per heavy atom. The van der Waals surface area contributed by atoms with Gasteiger partial charge < -0.3 is 19.9 Å². The minimum atomic E-state index is -0.509. The van der Waals surface area contributed by atoms with Gasteiger partial charge in [0.25, 0.3) is 0 Å². The number of amides is 2. The first-order valence-corrected chi connectivity index (χ1v) is 10.2. The van der Waals surface area contributed by atoms with Crippen molar-refractivity contribution in [3.05, 3.63) is 95.6 Å². The summed E-state index contributed by atoms with van der Waals surface area (Å²) in [6.45, 7) is 2.65. The number of hydrogen-bond donors (Lipinski definition) is 2. The Morgan fingerprint density at radius 3 is 2.52 bits per heavy atom. The second-order valence-corrected chi connectivity index (χ2v) is 7.02. The largest absolute Gasteiger partial charge is 0.466 e. The van der Waals surface area contributed by atoms with Crippen LogP contribution < -0.4 is 10.6 Å². The van der Waals surface area contributed by atoms with Crippen LogP contribution in [-0.4, -0.2) is 23.2 Å². The van der Waals surface area contributed by atoms with Crippen LogP contribution >= 0.6 is 0 Å². The van der Waals surface area contributed by atoms with Crippen molar-refractivity contribution in [2.45, 2.75) is 32.5 Å². The zero-order chi connectivity index (χ0) is 22.1. The third-order valence-electron chi connectivity index (χ3n) is 4.84. The molecule has 7 heteroatoms. The number of hydrogen-bond acceptors (Lipinski definition) is 3. The number of carbonyl (C=O) groups is 2. The number of nitrogens with zero attached hydrogens (tertiary/aromatic N) is 1. The second kappa shape index (κ2) is 11.0. The van der Waals surface area contributed by atoms with Gasteiger partial charge in [0.1, 0.15) is 5.82 Å². The molecule has 0 unspecified atom stereocenters. The molecule has 3 rings (SSSR count). The van der Waals surface area contributed by atoms with Crippen LogP contribution in [0.15, 0.2) is 72.9 Å². The molecule has 31 heavy (non-hydrogen) atoms. The Balaban J connectivity index is 1.61. The predicted molar refractivity (Wildman–Crippen MR) is 116 cm³/mol. The summed E-state index contributed by atoms with van der Waals surface area (Å²) in [5.74, 6) is -0.645. The molecule has 3 aromatic rings. The number of rotatable bonds is 9. The Kier molecular flexibility index (Phi) is 7.81. The summed E-state index contributed by atoms with van der Waals surface area (Å²) in [4.78, 5) is 24.5. The summed E-state index contributed by atoms with van der Waals surface area (Å²) in [5.41, 5.74) is 2.22. The predicted octanol–water partition coefficient (Wildman–Crippen LogP) is 4.17. The number of benzene rings is 2. The number of urea groups is 1. The highest BCUT2D eigenvalue weighted by Crippen LogP contribution is 2.17. The van der Waals surface area contributed by atoms with E-state index in [1.165, 1.54) is 6.07 Å². The highest BCUT2D eigenvalue weighted by molar-refractivity contribution is 5.76. The van der Waals surface area contributed by atoms with E-state index in [0.29, 0.717) is 12.1 Å². The van der Waals surface area contributed by atoms with Gasteiger partial charge in [-0.05, 0) is 30.7 Å². The summed E-state index contributed by atoms with van der Waals surface area (Å²) < 4.78 is 20.9. The van der Waals surface area contributed by atoms with E-state index in [2.05, 4.69) is 10.6 Å². The summed E-state index contributed by atoms with van der Waals surface area (Å²) >= 11 is 0. The maximum atomic E-state index is 14.0. The molecule has 0 radical (unpaired) electrons. The summed E-state index contributed by atoms with van der Waals surface area (Å²) in [5, 5.41) is 5.66. The molecule has 0 bridgehead atoms. The normalized spacial score (nSPS) is 11.5. The van der Waals surface area contributed by atoms with Gasteiger partial charge in [0.15, 0.2) is 0 Å². The lowest BCUT2D eigenvalue weighted by atomic mass is 10.0. The molecule has 0 saturated heterocycles. The molecule has 0 saturated carbocycles. The number of halogens is 1. The highest BCUT2D eigenvalue weighted by Gasteiger charge is 2.19. The van der Waals surface area contributed by atoms with Crippen LogP contribution in [0.1, 0.15) is 36.2 Å².